The van der Waals surface area contributed by atoms with Crippen LogP contribution in [0.4, 0.5) is 0 Å². The smallest absolute Gasteiger partial charge is 0.550 e. The van der Waals surface area contributed by atoms with E-state index < -0.39 is 5.97 Å². The molecule has 0 saturated heterocycles. The number of aliphatic carboxylic acids is 1. The topological polar surface area (TPSA) is 112 Å². The first kappa shape index (κ1) is 26.6. The summed E-state index contributed by atoms with van der Waals surface area (Å²) < 4.78 is 0. The Kier molecular flexibility index (Phi) is 8.59. The first-order valence-electron chi connectivity index (χ1n) is 11.7. The van der Waals surface area contributed by atoms with E-state index in [9.17, 15) is 20.1 Å². The Bertz CT molecular complexity index is 614. The Morgan fingerprint density at radius 2 is 1.77 bits per heavy atom. The number of hydrogen-bond acceptors (Lipinski definition) is 4. The Balaban J connectivity index is 0.00000160. The SMILES string of the molecule is C[C@H](CCC(=O)[O-])C1CC[C@H]2[C@H]3CC[C@@H]4C[C@@H](O)CC[C@]4(C)[C@@H]3C[C@@H](O)[C@@]12C.O.[Na+]. The van der Waals surface area contributed by atoms with Crippen molar-refractivity contribution in [2.24, 2.45) is 46.3 Å². The van der Waals surface area contributed by atoms with Crippen molar-refractivity contribution in [3.63, 3.8) is 0 Å². The van der Waals surface area contributed by atoms with Gasteiger partial charge in [0.1, 0.15) is 0 Å². The van der Waals surface area contributed by atoms with Gasteiger partial charge in [-0.25, -0.2) is 0 Å². The fraction of sp³-hybridized carbons (Fsp3) is 0.958. The van der Waals surface area contributed by atoms with E-state index >= 15 is 0 Å². The predicted octanol–water partition coefficient (Wildman–Crippen LogP) is -0.677. The van der Waals surface area contributed by atoms with Gasteiger partial charge in [0.05, 0.1) is 12.2 Å². The number of fused-ring (bicyclic) bond motifs is 5. The Morgan fingerprint density at radius 1 is 1.07 bits per heavy atom. The van der Waals surface area contributed by atoms with E-state index in [-0.39, 0.29) is 64.5 Å². The summed E-state index contributed by atoms with van der Waals surface area (Å²) in [6, 6.07) is 0. The van der Waals surface area contributed by atoms with Crippen LogP contribution in [0.25, 0.3) is 0 Å². The minimum Gasteiger partial charge on any atom is -0.550 e. The number of carbonyl (C=O) groups excluding carboxylic acids is 1. The minimum atomic E-state index is -0.957. The summed E-state index contributed by atoms with van der Waals surface area (Å²) in [5.41, 5.74) is 0.188. The monoisotopic (exact) mass is 432 g/mol. The second-order valence-corrected chi connectivity index (χ2v) is 11.3. The summed E-state index contributed by atoms with van der Waals surface area (Å²) >= 11 is 0. The maximum absolute atomic E-state index is 11.5. The molecule has 0 aliphatic heterocycles. The summed E-state index contributed by atoms with van der Waals surface area (Å²) in [7, 11) is 0. The van der Waals surface area contributed by atoms with E-state index in [1.54, 1.807) is 0 Å². The van der Waals surface area contributed by atoms with Gasteiger partial charge in [-0.15, -0.1) is 0 Å². The summed E-state index contributed by atoms with van der Waals surface area (Å²) in [5, 5.41) is 32.6. The molecule has 1 unspecified atom stereocenters. The Labute approximate surface area is 204 Å². The van der Waals surface area contributed by atoms with Crippen molar-refractivity contribution in [1.82, 2.24) is 0 Å². The average Bonchev–Trinajstić information content (AvgIpc) is 3.00. The molecule has 4 saturated carbocycles. The van der Waals surface area contributed by atoms with Crippen LogP contribution in [0.5, 0.6) is 0 Å². The van der Waals surface area contributed by atoms with Gasteiger partial charge in [0.2, 0.25) is 0 Å². The average molecular weight is 433 g/mol. The number of aliphatic hydroxyl groups is 2. The van der Waals surface area contributed by atoms with Crippen molar-refractivity contribution in [3.8, 4) is 0 Å². The molecule has 0 bridgehead atoms. The molecule has 4 aliphatic rings. The second kappa shape index (κ2) is 9.69. The zero-order valence-electron chi connectivity index (χ0n) is 19.4. The van der Waals surface area contributed by atoms with E-state index in [0.29, 0.717) is 41.9 Å². The maximum atomic E-state index is 11.5. The molecule has 10 atom stereocenters. The fourth-order valence-corrected chi connectivity index (χ4v) is 8.71. The summed E-state index contributed by atoms with van der Waals surface area (Å²) in [6.07, 6.45) is 8.98. The number of hydrogen-bond donors (Lipinski definition) is 2. The van der Waals surface area contributed by atoms with Crippen molar-refractivity contribution in [2.45, 2.75) is 97.2 Å². The quantitative estimate of drug-likeness (QED) is 0.574. The van der Waals surface area contributed by atoms with Crippen molar-refractivity contribution >= 4 is 5.97 Å². The number of rotatable bonds is 4. The van der Waals surface area contributed by atoms with Gasteiger partial charge >= 0.3 is 29.6 Å². The molecular formula is C24H41NaO5. The van der Waals surface area contributed by atoms with Crippen LogP contribution in [0, 0.1) is 46.3 Å². The van der Waals surface area contributed by atoms with E-state index in [1.807, 2.05) is 0 Å². The van der Waals surface area contributed by atoms with Gasteiger partial charge in [0.15, 0.2) is 0 Å². The fourth-order valence-electron chi connectivity index (χ4n) is 8.71. The van der Waals surface area contributed by atoms with Crippen LogP contribution in [0.1, 0.15) is 85.0 Å². The Hall–Kier alpha value is 0.350. The van der Waals surface area contributed by atoms with E-state index in [2.05, 4.69) is 20.8 Å². The van der Waals surface area contributed by atoms with Crippen LogP contribution in [-0.4, -0.2) is 33.9 Å². The summed E-state index contributed by atoms with van der Waals surface area (Å²) in [6.45, 7) is 6.94. The normalized spacial score (nSPS) is 48.2. The van der Waals surface area contributed by atoms with Crippen molar-refractivity contribution in [2.75, 3.05) is 0 Å². The zero-order valence-corrected chi connectivity index (χ0v) is 21.4. The van der Waals surface area contributed by atoms with Gasteiger partial charge in [0, 0.05) is 5.97 Å². The molecule has 4 rings (SSSR count). The van der Waals surface area contributed by atoms with E-state index in [1.165, 1.54) is 19.3 Å². The first-order chi connectivity index (χ1) is 13.2. The van der Waals surface area contributed by atoms with Gasteiger partial charge in [-0.2, -0.15) is 0 Å². The minimum absolute atomic E-state index is 0. The third-order valence-corrected chi connectivity index (χ3v) is 10.3. The number of carboxylic acids is 1. The molecule has 168 valence electrons. The predicted molar refractivity (Wildman–Crippen MR) is 110 cm³/mol. The molecule has 4 aliphatic carbocycles. The zero-order chi connectivity index (χ0) is 20.3. The third-order valence-electron chi connectivity index (χ3n) is 10.3. The molecule has 0 aromatic heterocycles. The Morgan fingerprint density at radius 3 is 2.43 bits per heavy atom. The molecule has 5 nitrogen and oxygen atoms in total. The molecule has 30 heavy (non-hydrogen) atoms. The molecule has 0 aromatic rings. The molecule has 0 spiro atoms. The van der Waals surface area contributed by atoms with E-state index in [0.717, 1.165) is 32.1 Å². The van der Waals surface area contributed by atoms with Crippen LogP contribution >= 0.6 is 0 Å². The summed E-state index contributed by atoms with van der Waals surface area (Å²) in [5.74, 6) is 2.19. The molecular weight excluding hydrogens is 391 g/mol. The van der Waals surface area contributed by atoms with Crippen molar-refractivity contribution in [1.29, 1.82) is 0 Å². The van der Waals surface area contributed by atoms with Crippen LogP contribution < -0.4 is 34.7 Å². The standard InChI is InChI=1S/C24H40O4.Na.H2O/c1-14(4-9-22(27)28)18-7-8-19-17-6-5-15-12-16(25)10-11-23(15,2)20(17)13-21(26)24(18,19)3;;/h14-21,25-26H,4-13H2,1-3H3,(H,27,28);;1H2/q;+1;/p-1/t14-,15-,16+,17-,18?,19+,20-,21-,23+,24+;;/m1../s1. The molecule has 0 heterocycles. The van der Waals surface area contributed by atoms with Crippen LogP contribution in [-0.2, 0) is 4.79 Å². The van der Waals surface area contributed by atoms with Gasteiger partial charge in [-0.05, 0) is 111 Å². The van der Waals surface area contributed by atoms with Crippen LogP contribution in [0.2, 0.25) is 0 Å². The summed E-state index contributed by atoms with van der Waals surface area (Å²) in [4.78, 5) is 10.9. The number of aliphatic hydroxyl groups excluding tert-OH is 2. The molecule has 0 radical (unpaired) electrons. The largest absolute Gasteiger partial charge is 1.00 e. The van der Waals surface area contributed by atoms with Gasteiger partial charge in [0.25, 0.3) is 0 Å². The molecule has 4 N–H and O–H groups in total. The van der Waals surface area contributed by atoms with Crippen molar-refractivity contribution < 1.29 is 55.1 Å². The van der Waals surface area contributed by atoms with Crippen molar-refractivity contribution in [3.05, 3.63) is 0 Å². The molecule has 0 amide bonds. The third kappa shape index (κ3) is 4.17. The van der Waals surface area contributed by atoms with Crippen LogP contribution in [0.3, 0.4) is 0 Å². The second-order valence-electron chi connectivity index (χ2n) is 11.3. The molecule has 0 aromatic carbocycles. The maximum Gasteiger partial charge on any atom is 1.00 e. The van der Waals surface area contributed by atoms with Crippen LogP contribution in [0.15, 0.2) is 0 Å². The van der Waals surface area contributed by atoms with Gasteiger partial charge in [-0.1, -0.05) is 20.8 Å². The van der Waals surface area contributed by atoms with Gasteiger partial charge < -0.3 is 25.6 Å². The molecule has 6 heteroatoms. The van der Waals surface area contributed by atoms with E-state index in [4.69, 9.17) is 0 Å². The number of carboxylic acid groups (broad SMARTS) is 1. The molecule has 4 fully saturated rings. The first-order valence-corrected chi connectivity index (χ1v) is 11.7. The van der Waals surface area contributed by atoms with Gasteiger partial charge in [-0.3, -0.25) is 0 Å². The number of carbonyl (C=O) groups is 1.